The van der Waals surface area contributed by atoms with Crippen molar-refractivity contribution in [3.63, 3.8) is 0 Å². The van der Waals surface area contributed by atoms with Crippen LogP contribution in [-0.4, -0.2) is 42.0 Å². The summed E-state index contributed by atoms with van der Waals surface area (Å²) in [5.41, 5.74) is 11.5. The molecule has 1 aliphatic heterocycles. The number of aliphatic imine (C=N–C) groups is 1. The third-order valence-electron chi connectivity index (χ3n) is 10.8. The summed E-state index contributed by atoms with van der Waals surface area (Å²) in [5, 5.41) is 4.03. The Hall–Kier alpha value is -3.58. The number of aromatic amines is 1. The van der Waals surface area contributed by atoms with Gasteiger partial charge in [-0.3, -0.25) is 9.79 Å². The molecule has 7 nitrogen and oxygen atoms in total. The molecule has 43 heavy (non-hydrogen) atoms. The largest absolute Gasteiger partial charge is 0.492 e. The van der Waals surface area contributed by atoms with Crippen LogP contribution in [-0.2, 0) is 16.0 Å². The lowest BCUT2D eigenvalue weighted by Crippen LogP contribution is -2.95. The molecule has 2 atom stereocenters. The average molecular weight is 580 g/mol. The van der Waals surface area contributed by atoms with Crippen LogP contribution in [0.3, 0.4) is 0 Å². The zero-order valence-corrected chi connectivity index (χ0v) is 24.9. The normalized spacial score (nSPS) is 25.3. The lowest BCUT2D eigenvalue weighted by Gasteiger charge is -2.31. The van der Waals surface area contributed by atoms with Gasteiger partial charge in [0, 0.05) is 41.8 Å². The van der Waals surface area contributed by atoms with Crippen molar-refractivity contribution in [3.8, 4) is 5.75 Å². The fraction of sp³-hybridized carbons (Fsp3) is 0.500. The number of hydrogen-bond donors (Lipinski definition) is 3. The molecule has 0 saturated heterocycles. The molecule has 1 amide bonds. The average Bonchev–Trinajstić information content (AvgIpc) is 3.94. The summed E-state index contributed by atoms with van der Waals surface area (Å²) in [7, 11) is 0. The predicted molar refractivity (Wildman–Crippen MR) is 168 cm³/mol. The summed E-state index contributed by atoms with van der Waals surface area (Å²) in [6, 6.07) is 6.46. The summed E-state index contributed by atoms with van der Waals surface area (Å²) in [4.78, 5) is 19.4. The highest BCUT2D eigenvalue weighted by Gasteiger charge is 2.60. The number of nitrogens with one attached hydrogen (secondary N) is 1. The van der Waals surface area contributed by atoms with Crippen LogP contribution >= 0.6 is 0 Å². The second-order valence-electron chi connectivity index (χ2n) is 13.9. The van der Waals surface area contributed by atoms with Crippen LogP contribution in [0.1, 0.15) is 69.0 Å². The molecule has 3 saturated carbocycles. The first-order chi connectivity index (χ1) is 21.0. The number of carbonyl (C=O) groups is 1. The second-order valence-corrected chi connectivity index (χ2v) is 13.9. The number of benzene rings is 1. The number of primary amides is 1. The summed E-state index contributed by atoms with van der Waals surface area (Å²) in [6.45, 7) is 2.34. The molecule has 3 fully saturated rings. The number of amides is 1. The van der Waals surface area contributed by atoms with Gasteiger partial charge in [0.25, 0.3) is 0 Å². The fourth-order valence-corrected chi connectivity index (χ4v) is 7.71. The molecule has 2 aromatic rings. The highest BCUT2D eigenvalue weighted by atomic mass is 16.5. The highest BCUT2D eigenvalue weighted by molar-refractivity contribution is 5.93. The number of aromatic nitrogens is 1. The van der Waals surface area contributed by atoms with Gasteiger partial charge < -0.3 is 25.5 Å². The van der Waals surface area contributed by atoms with Gasteiger partial charge in [-0.05, 0) is 86.8 Å². The van der Waals surface area contributed by atoms with Gasteiger partial charge in [0.1, 0.15) is 17.0 Å². The highest BCUT2D eigenvalue weighted by Crippen LogP contribution is 2.55. The number of quaternary nitrogens is 1. The molecule has 0 bridgehead atoms. The molecule has 0 radical (unpaired) electrons. The van der Waals surface area contributed by atoms with Crippen LogP contribution in [0.5, 0.6) is 5.75 Å². The van der Waals surface area contributed by atoms with Crippen molar-refractivity contribution >= 4 is 28.8 Å². The molecule has 1 aromatic carbocycles. The smallest absolute Gasteiger partial charge is 0.226 e. The number of fused-ring (bicyclic) bond motifs is 3. The Morgan fingerprint density at radius 1 is 1.12 bits per heavy atom. The zero-order valence-electron chi connectivity index (χ0n) is 24.9. The van der Waals surface area contributed by atoms with Crippen LogP contribution in [0.25, 0.3) is 17.0 Å². The number of carbonyl (C=O) groups excluding carboxylic acids is 1. The van der Waals surface area contributed by atoms with E-state index in [9.17, 15) is 4.79 Å². The number of aryl methyl sites for hydroxylation is 1. The van der Waals surface area contributed by atoms with Crippen molar-refractivity contribution in [2.45, 2.75) is 69.7 Å². The SMILES string of the molecule is NC(=O)C1C=CC(OC2=CC=C(C(C3CC3)C3([NH2+]CC4(COc5cccc6[nH]c7c(c56)CCC=C7)CC4)CC3)CC2)=NC1. The van der Waals surface area contributed by atoms with Gasteiger partial charge in [-0.2, -0.15) is 0 Å². The Morgan fingerprint density at radius 3 is 2.70 bits per heavy atom. The number of ether oxygens (including phenoxy) is 2. The summed E-state index contributed by atoms with van der Waals surface area (Å²) in [5.74, 6) is 3.40. The number of H-pyrrole nitrogens is 1. The Kier molecular flexibility index (Phi) is 6.62. The molecule has 224 valence electrons. The van der Waals surface area contributed by atoms with E-state index < -0.39 is 0 Å². The van der Waals surface area contributed by atoms with Gasteiger partial charge in [-0.15, -0.1) is 0 Å². The Labute approximate surface area is 253 Å². The lowest BCUT2D eigenvalue weighted by molar-refractivity contribution is -0.716. The Morgan fingerprint density at radius 2 is 2.00 bits per heavy atom. The summed E-state index contributed by atoms with van der Waals surface area (Å²) < 4.78 is 12.7. The van der Waals surface area contributed by atoms with E-state index in [1.165, 1.54) is 60.7 Å². The van der Waals surface area contributed by atoms with Crippen molar-refractivity contribution < 1.29 is 19.6 Å². The van der Waals surface area contributed by atoms with E-state index in [4.69, 9.17) is 15.2 Å². The number of hydrogen-bond acceptors (Lipinski definition) is 4. The summed E-state index contributed by atoms with van der Waals surface area (Å²) >= 11 is 0. The maximum Gasteiger partial charge on any atom is 0.226 e. The molecule has 5 N–H and O–H groups in total. The molecular formula is C36H43N4O3+. The van der Waals surface area contributed by atoms with Crippen molar-refractivity contribution in [3.05, 3.63) is 71.2 Å². The monoisotopic (exact) mass is 579 g/mol. The maximum atomic E-state index is 11.4. The van der Waals surface area contributed by atoms with E-state index in [0.29, 0.717) is 29.3 Å². The summed E-state index contributed by atoms with van der Waals surface area (Å²) in [6.07, 6.45) is 24.6. The van der Waals surface area contributed by atoms with E-state index in [1.54, 1.807) is 17.7 Å². The first-order valence-corrected chi connectivity index (χ1v) is 16.4. The van der Waals surface area contributed by atoms with E-state index in [2.05, 4.69) is 57.8 Å². The molecule has 2 unspecified atom stereocenters. The fourth-order valence-electron chi connectivity index (χ4n) is 7.71. The molecule has 8 rings (SSSR count). The predicted octanol–water partition coefficient (Wildman–Crippen LogP) is 5.10. The molecule has 2 heterocycles. The minimum atomic E-state index is -0.342. The third kappa shape index (κ3) is 5.37. The van der Waals surface area contributed by atoms with Crippen LogP contribution in [0, 0.1) is 23.2 Å². The van der Waals surface area contributed by atoms with Crippen molar-refractivity contribution in [2.24, 2.45) is 33.9 Å². The second kappa shape index (κ2) is 10.5. The van der Waals surface area contributed by atoms with Crippen LogP contribution in [0.4, 0.5) is 0 Å². The number of dihydropyridines is 1. The van der Waals surface area contributed by atoms with Gasteiger partial charge in [-0.1, -0.05) is 29.9 Å². The van der Waals surface area contributed by atoms with Crippen LogP contribution in [0.15, 0.2) is 64.9 Å². The van der Waals surface area contributed by atoms with Crippen LogP contribution in [0.2, 0.25) is 0 Å². The molecule has 5 aliphatic carbocycles. The number of rotatable bonds is 11. The molecule has 6 aliphatic rings. The van der Waals surface area contributed by atoms with Gasteiger partial charge in [0.2, 0.25) is 11.8 Å². The molecular weight excluding hydrogens is 536 g/mol. The number of nitrogens with zero attached hydrogens (tertiary/aromatic N) is 1. The van der Waals surface area contributed by atoms with Crippen molar-refractivity contribution in [1.82, 2.24) is 4.98 Å². The van der Waals surface area contributed by atoms with E-state index >= 15 is 0 Å². The van der Waals surface area contributed by atoms with Gasteiger partial charge in [0.15, 0.2) is 0 Å². The molecule has 7 heteroatoms. The van der Waals surface area contributed by atoms with E-state index in [1.807, 2.05) is 0 Å². The number of allylic oxidation sites excluding steroid dienone is 4. The molecule has 1 aromatic heterocycles. The van der Waals surface area contributed by atoms with Gasteiger partial charge >= 0.3 is 0 Å². The first-order valence-electron chi connectivity index (χ1n) is 16.4. The zero-order chi connectivity index (χ0) is 29.0. The lowest BCUT2D eigenvalue weighted by atomic mass is 9.80. The maximum absolute atomic E-state index is 11.4. The van der Waals surface area contributed by atoms with Crippen molar-refractivity contribution in [2.75, 3.05) is 19.7 Å². The van der Waals surface area contributed by atoms with Crippen LogP contribution < -0.4 is 15.8 Å². The standard InChI is InChI=1S/C36H42N4O3/c37-34(41)25-12-15-31(38-20-25)43-26-13-10-24(11-14-26)33(23-8-9-23)36(18-19-36)39-21-35(16-17-35)22-42-30-7-3-6-29-32(30)27-4-1-2-5-28(27)40-29/h2-3,5-7,10,12-13,15,23,25,33,39-40H,1,4,8-9,11,14,16-22H2,(H2,37,41)/p+1. The molecule has 0 spiro atoms. The topological polar surface area (TPSA) is 106 Å². The van der Waals surface area contributed by atoms with Gasteiger partial charge in [0.05, 0.1) is 31.0 Å². The quantitative estimate of drug-likeness (QED) is 0.345. The minimum Gasteiger partial charge on any atom is -0.492 e. The first kappa shape index (κ1) is 27.0. The minimum absolute atomic E-state index is 0.297. The van der Waals surface area contributed by atoms with Gasteiger partial charge in [-0.25, -0.2) is 0 Å². The van der Waals surface area contributed by atoms with Crippen molar-refractivity contribution in [1.29, 1.82) is 0 Å². The number of nitrogens with two attached hydrogens (primary N) is 2. The Balaban J connectivity index is 0.915. The van der Waals surface area contributed by atoms with E-state index in [0.717, 1.165) is 56.3 Å². The third-order valence-corrected chi connectivity index (χ3v) is 10.8. The Bertz CT molecular complexity index is 1600. The van der Waals surface area contributed by atoms with E-state index in [-0.39, 0.29) is 11.8 Å².